The number of ether oxygens (including phenoxy) is 19. The van der Waals surface area contributed by atoms with E-state index in [0.29, 0.717) is 0 Å². The van der Waals surface area contributed by atoms with Crippen molar-refractivity contribution >= 4 is 41.5 Å². The van der Waals surface area contributed by atoms with E-state index in [1.54, 1.807) is 0 Å². The number of carbonyl (C=O) groups is 7. The van der Waals surface area contributed by atoms with Crippen molar-refractivity contribution in [1.29, 1.82) is 0 Å². The summed E-state index contributed by atoms with van der Waals surface area (Å²) in [6.07, 6.45) is -103. The summed E-state index contributed by atoms with van der Waals surface area (Å²) in [5.41, 5.74) is 0. The average molecular weight is 2020 g/mol. The van der Waals surface area contributed by atoms with Gasteiger partial charge in [0.25, 0.3) is 11.6 Å². The summed E-state index contributed by atoms with van der Waals surface area (Å²) in [6, 6.07) is -9.40. The number of aliphatic hydroxyl groups excluding tert-OH is 29. The van der Waals surface area contributed by atoms with Gasteiger partial charge in [-0.3, -0.25) is 24.0 Å². The maximum absolute atomic E-state index is 13.2. The van der Waals surface area contributed by atoms with Crippen LogP contribution in [-0.2, 0) is 124 Å². The second kappa shape index (κ2) is 49.0. The van der Waals surface area contributed by atoms with E-state index in [9.17, 15) is 192 Å². The first-order valence-electron chi connectivity index (χ1n) is 43.4. The molecule has 0 radical (unpaired) electrons. The van der Waals surface area contributed by atoms with Crippen LogP contribution < -0.4 is 26.6 Å². The van der Waals surface area contributed by atoms with Gasteiger partial charge in [-0.1, -0.05) is 0 Å². The van der Waals surface area contributed by atoms with E-state index in [1.807, 2.05) is 0 Å². The van der Waals surface area contributed by atoms with Crippen LogP contribution in [0.15, 0.2) is 0 Å². The molecule has 0 aromatic heterocycles. The number of amides is 5. The van der Waals surface area contributed by atoms with Crippen LogP contribution in [0.4, 0.5) is 0 Å². The normalized spacial score (nSPS) is 46.2. The predicted molar refractivity (Wildman–Crippen MR) is 422 cm³/mol. The zero-order valence-electron chi connectivity index (χ0n) is 73.8. The largest absolute Gasteiger partial charge is 0.477 e. The number of carboxylic acids is 2. The first kappa shape index (κ1) is 114. The third-order valence-corrected chi connectivity index (χ3v) is 24.8. The summed E-state index contributed by atoms with van der Waals surface area (Å²) in [6.45, 7) is -7.65. The Kier molecular flexibility index (Phi) is 40.6. The number of carbonyl (C=O) groups excluding carboxylic acids is 5. The number of aliphatic hydroxyl groups is 29. The maximum atomic E-state index is 13.2. The number of hydrogen-bond donors (Lipinski definition) is 36. The van der Waals surface area contributed by atoms with E-state index in [0.717, 1.165) is 34.6 Å². The zero-order valence-corrected chi connectivity index (χ0v) is 73.8. The molecule has 52 atom stereocenters. The van der Waals surface area contributed by atoms with Crippen molar-refractivity contribution in [2.24, 2.45) is 0 Å². The Morgan fingerprint density at radius 3 is 0.942 bits per heavy atom. The van der Waals surface area contributed by atoms with Crippen LogP contribution in [-0.4, -0.2) is 584 Å². The van der Waals surface area contributed by atoms with Gasteiger partial charge in [-0.05, 0) is 0 Å². The van der Waals surface area contributed by atoms with E-state index in [2.05, 4.69) is 26.6 Å². The van der Waals surface area contributed by atoms with E-state index >= 15 is 0 Å². The topological polar surface area (TPSA) is 982 Å². The number of hydrogen-bond acceptors (Lipinski definition) is 55. The van der Waals surface area contributed by atoms with Gasteiger partial charge in [0.1, 0.15) is 232 Å². The summed E-state index contributed by atoms with van der Waals surface area (Å²) in [5, 5.41) is 357. The van der Waals surface area contributed by atoms with Crippen molar-refractivity contribution in [2.45, 2.75) is 365 Å². The lowest BCUT2D eigenvalue weighted by molar-refractivity contribution is -0.398. The average Bonchev–Trinajstić information content (AvgIpc) is 0.776. The van der Waals surface area contributed by atoms with Crippen LogP contribution >= 0.6 is 0 Å². The van der Waals surface area contributed by atoms with E-state index in [-0.39, 0.29) is 0 Å². The Morgan fingerprint density at radius 1 is 0.297 bits per heavy atom. The first-order valence-corrected chi connectivity index (χ1v) is 43.4. The molecule has 10 rings (SSSR count). The smallest absolute Gasteiger partial charge is 0.364 e. The Morgan fingerprint density at radius 2 is 0.587 bits per heavy atom. The monoisotopic (exact) mass is 2020 g/mol. The second-order valence-electron chi connectivity index (χ2n) is 34.6. The van der Waals surface area contributed by atoms with Gasteiger partial charge in [0.15, 0.2) is 50.3 Å². The fourth-order valence-electron chi connectivity index (χ4n) is 17.5. The molecule has 20 unspecified atom stereocenters. The van der Waals surface area contributed by atoms with E-state index in [4.69, 9.17) is 90.0 Å². The molecule has 10 aliphatic rings. The fourth-order valence-corrected chi connectivity index (χ4v) is 17.5. The molecule has 0 aromatic carbocycles. The highest BCUT2D eigenvalue weighted by Gasteiger charge is 2.64. The minimum absolute atomic E-state index is 0.852. The molecule has 10 heterocycles. The highest BCUT2D eigenvalue weighted by atomic mass is 16.8. The van der Waals surface area contributed by atoms with Crippen LogP contribution in [0.5, 0.6) is 0 Å². The molecule has 10 saturated heterocycles. The molecule has 796 valence electrons. The van der Waals surface area contributed by atoms with Crippen LogP contribution in [0.3, 0.4) is 0 Å². The standard InChI is InChI=1S/C76H125N5O57/c1-18(89)77-35-23(94)6-75(73(116)117,137-60(35)40(98)25(96)8-82)121-16-33-44(102)50(108)54(112)68(129-33)131-58-30(13-87)126-66(38(48(58)106)80-21(4)92)135-63-52(110)42(100)27(10-84)124-71(63)120-15-32-46(104)62(56(114)70(128-32)133-57-29(12-86)123-65(115)37(47(57)105)79-20(3)91)134-72-64(53(111)43(101)28(11-85)125-72)136-67-39(81-22(5)93)49(107)59(31(14-88)127-67)132-69-55(113)51(109)45(103)34(130-69)17-122-76(74(118)119)7-24(95)36(78-19(2)90)61(138-76)41(99)26(97)9-83/h23-72,82-88,94-115H,6-17H2,1-5H3,(H,77,89)(H,78,90)(H,79,91)(H,80,92)(H,81,93)(H,116,117)(H,118,119)/t23-,24-,25-,26-,27?,28?,29?,30?,31?,32?,33?,34?,35-,36-,37?,38?,39?,40-,41-,42-,43-,44+,45+,46-,47?,48-,49-,50+,51+,52+,53?,54?,55?,56?,57-,58-,59-,60?,61?,62+,63?,64?,65-,66+,67+,68+,69+,70+,71+,72-,75-,76-/m1/s1. The first-order chi connectivity index (χ1) is 64.9. The van der Waals surface area contributed by atoms with E-state index < -0.39 is 438 Å². The van der Waals surface area contributed by atoms with Crippen molar-refractivity contribution in [3.63, 3.8) is 0 Å². The summed E-state index contributed by atoms with van der Waals surface area (Å²) in [7, 11) is 0. The van der Waals surface area contributed by atoms with E-state index in [1.165, 1.54) is 0 Å². The summed E-state index contributed by atoms with van der Waals surface area (Å²) in [4.78, 5) is 89.1. The lowest BCUT2D eigenvalue weighted by atomic mass is 9.88. The third kappa shape index (κ3) is 25.4. The molecule has 0 aromatic rings. The minimum Gasteiger partial charge on any atom is -0.477 e. The molecule has 62 heteroatoms. The lowest BCUT2D eigenvalue weighted by Gasteiger charge is -2.51. The molecule has 0 spiro atoms. The third-order valence-electron chi connectivity index (χ3n) is 24.8. The second-order valence-corrected chi connectivity index (χ2v) is 34.6. The summed E-state index contributed by atoms with van der Waals surface area (Å²) >= 11 is 0. The highest BCUT2D eigenvalue weighted by Crippen LogP contribution is 2.43. The molecule has 0 bridgehead atoms. The van der Waals surface area contributed by atoms with Gasteiger partial charge in [-0.2, -0.15) is 0 Å². The van der Waals surface area contributed by atoms with Crippen molar-refractivity contribution in [2.75, 3.05) is 66.1 Å². The van der Waals surface area contributed by atoms with Gasteiger partial charge in [-0.15, -0.1) is 0 Å². The van der Waals surface area contributed by atoms with Crippen molar-refractivity contribution in [1.82, 2.24) is 26.6 Å². The summed E-state index contributed by atoms with van der Waals surface area (Å²) in [5.74, 6) is -15.0. The van der Waals surface area contributed by atoms with Gasteiger partial charge in [-0.25, -0.2) is 9.59 Å². The van der Waals surface area contributed by atoms with Crippen LogP contribution in [0.25, 0.3) is 0 Å². The number of nitrogens with one attached hydrogen (secondary N) is 5. The van der Waals surface area contributed by atoms with Crippen LogP contribution in [0.1, 0.15) is 47.5 Å². The number of aliphatic carboxylic acids is 2. The Bertz CT molecular complexity index is 3930. The number of rotatable bonds is 39. The van der Waals surface area contributed by atoms with Crippen LogP contribution in [0.2, 0.25) is 0 Å². The maximum Gasteiger partial charge on any atom is 0.364 e. The van der Waals surface area contributed by atoms with Gasteiger partial charge in [0, 0.05) is 47.5 Å². The SMILES string of the molecule is CC(=O)NC1C(O)[C@H](O[C@@H]2OC(CO[C@H]3OC(CO)[C@@H](O)[C@H](O)C3O[C@@H]3OC(CO)[C@@H](O[C@@H]4OC(CO[C@]5(C(=O)O)C[C@@H](O)[C@@H](NC(C)=O)C([C@H](O)[C@H](O)CO)O5)[C@H](O)[C@H](O)C4O)[C@H](O)C3NC(C)=O)[C@@H](O)[C@H](O[C@H]3OC(CO)[C@@H](O)C(O)C3O[C@@H]3OC(CO)[C@@H](O[C@@H]4OC(CO[C@]5(C(=O)O)C[C@@H](O)[C@@H](NC(C)=O)C([C@H](O)[C@H](O)CO)O5)[C@H](O)[C@H](O)C4O)[C@H](O)C3NC(C)=O)C2O)C(CO)O[C@H]1O. The molecular formula is C76H125N5O57. The summed E-state index contributed by atoms with van der Waals surface area (Å²) < 4.78 is 112. The van der Waals surface area contributed by atoms with Gasteiger partial charge in [0.05, 0.1) is 90.4 Å². The van der Waals surface area contributed by atoms with Crippen molar-refractivity contribution in [3.05, 3.63) is 0 Å². The lowest BCUT2D eigenvalue weighted by Crippen LogP contribution is -2.70. The Balaban J connectivity index is 0.908. The van der Waals surface area contributed by atoms with Gasteiger partial charge < -0.3 is 275 Å². The van der Waals surface area contributed by atoms with Gasteiger partial charge >= 0.3 is 11.9 Å². The van der Waals surface area contributed by atoms with Crippen molar-refractivity contribution in [3.8, 4) is 0 Å². The predicted octanol–water partition coefficient (Wildman–Crippen LogP) is -23.7. The minimum atomic E-state index is -3.11. The number of carboxylic acid groups (broad SMARTS) is 2. The molecule has 36 N–H and O–H groups in total. The molecule has 62 nitrogen and oxygen atoms in total. The van der Waals surface area contributed by atoms with Crippen LogP contribution in [0, 0.1) is 0 Å². The Hall–Kier alpha value is -5.63. The van der Waals surface area contributed by atoms with Crippen molar-refractivity contribution < 1.29 is 282 Å². The molecule has 0 saturated carbocycles. The molecular weight excluding hydrogens is 1890 g/mol. The molecule has 138 heavy (non-hydrogen) atoms. The molecule has 5 amide bonds. The fraction of sp³-hybridized carbons (Fsp3) is 0.908. The van der Waals surface area contributed by atoms with Gasteiger partial charge in [0.2, 0.25) is 29.5 Å². The quantitative estimate of drug-likeness (QED) is 0.0272. The Labute approximate surface area is 779 Å². The molecule has 10 aliphatic heterocycles. The molecule has 0 aliphatic carbocycles. The zero-order chi connectivity index (χ0) is 102. The highest BCUT2D eigenvalue weighted by molar-refractivity contribution is 5.78. The molecule has 10 fully saturated rings.